The van der Waals surface area contributed by atoms with Gasteiger partial charge in [0.05, 0.1) is 12.2 Å². The highest BCUT2D eigenvalue weighted by Crippen LogP contribution is 2.20. The first-order valence-electron chi connectivity index (χ1n) is 5.95. The second-order valence-corrected chi connectivity index (χ2v) is 5.36. The molecule has 19 heavy (non-hydrogen) atoms. The second-order valence-electron chi connectivity index (χ2n) is 4.48. The van der Waals surface area contributed by atoms with Gasteiger partial charge in [-0.15, -0.1) is 11.3 Å². The van der Waals surface area contributed by atoms with Crippen molar-refractivity contribution in [2.45, 2.75) is 13.0 Å². The minimum atomic E-state index is -0.0391. The molecule has 0 unspecified atom stereocenters. The van der Waals surface area contributed by atoms with Crippen molar-refractivity contribution in [1.82, 2.24) is 19.4 Å². The number of aromatic nitrogens is 3. The van der Waals surface area contributed by atoms with Gasteiger partial charge in [-0.05, 0) is 0 Å². The number of rotatable bonds is 1. The van der Waals surface area contributed by atoms with Crippen LogP contribution in [0.15, 0.2) is 28.6 Å². The van der Waals surface area contributed by atoms with Crippen LogP contribution in [0.1, 0.15) is 21.7 Å². The molecular weight excluding hydrogens is 264 g/mol. The Morgan fingerprint density at radius 1 is 1.47 bits per heavy atom. The zero-order chi connectivity index (χ0) is 12.8. The van der Waals surface area contributed by atoms with Crippen molar-refractivity contribution in [2.24, 2.45) is 0 Å². The van der Waals surface area contributed by atoms with Gasteiger partial charge in [-0.3, -0.25) is 9.20 Å². The first kappa shape index (κ1) is 10.7. The summed E-state index contributed by atoms with van der Waals surface area (Å²) in [7, 11) is 0. The molecule has 6 nitrogen and oxygen atoms in total. The molecule has 0 bridgehead atoms. The molecule has 1 aliphatic rings. The zero-order valence-electron chi connectivity index (χ0n) is 9.94. The lowest BCUT2D eigenvalue weighted by atomic mass is 10.1. The molecule has 4 heterocycles. The molecule has 3 aromatic rings. The highest BCUT2D eigenvalue weighted by Gasteiger charge is 2.25. The fraction of sp³-hybridized carbons (Fsp3) is 0.250. The molecule has 4 rings (SSSR count). The van der Waals surface area contributed by atoms with E-state index in [0.29, 0.717) is 18.8 Å². The molecule has 0 aromatic carbocycles. The van der Waals surface area contributed by atoms with Crippen molar-refractivity contribution in [3.05, 3.63) is 41.0 Å². The Labute approximate surface area is 112 Å². The summed E-state index contributed by atoms with van der Waals surface area (Å²) >= 11 is 1.52. The van der Waals surface area contributed by atoms with Gasteiger partial charge in [-0.2, -0.15) is 0 Å². The minimum absolute atomic E-state index is 0.0391. The molecule has 1 amide bonds. The summed E-state index contributed by atoms with van der Waals surface area (Å²) in [5.41, 5.74) is 2.43. The first-order valence-corrected chi connectivity index (χ1v) is 6.83. The van der Waals surface area contributed by atoms with Crippen LogP contribution in [0.25, 0.3) is 4.96 Å². The molecule has 1 aliphatic heterocycles. The molecule has 0 atom stereocenters. The Balaban J connectivity index is 1.63. The predicted octanol–water partition coefficient (Wildman–Crippen LogP) is 1.58. The normalized spacial score (nSPS) is 14.8. The Morgan fingerprint density at radius 3 is 3.32 bits per heavy atom. The number of imidazole rings is 1. The molecule has 0 saturated carbocycles. The van der Waals surface area contributed by atoms with Crippen LogP contribution >= 0.6 is 11.3 Å². The fourth-order valence-electron chi connectivity index (χ4n) is 2.31. The average molecular weight is 274 g/mol. The van der Waals surface area contributed by atoms with E-state index in [-0.39, 0.29) is 5.91 Å². The third-order valence-corrected chi connectivity index (χ3v) is 4.08. The fourth-order valence-corrected chi connectivity index (χ4v) is 3.01. The van der Waals surface area contributed by atoms with E-state index in [9.17, 15) is 4.79 Å². The van der Waals surface area contributed by atoms with E-state index in [1.165, 1.54) is 11.3 Å². The van der Waals surface area contributed by atoms with E-state index in [2.05, 4.69) is 10.1 Å². The first-order chi connectivity index (χ1) is 9.31. The maximum absolute atomic E-state index is 12.4. The van der Waals surface area contributed by atoms with Crippen LogP contribution in [-0.2, 0) is 13.0 Å². The van der Waals surface area contributed by atoms with E-state index >= 15 is 0 Å². The van der Waals surface area contributed by atoms with Gasteiger partial charge in [0.15, 0.2) is 4.96 Å². The predicted molar refractivity (Wildman–Crippen MR) is 68.0 cm³/mol. The van der Waals surface area contributed by atoms with E-state index in [1.54, 1.807) is 17.4 Å². The van der Waals surface area contributed by atoms with Crippen molar-refractivity contribution in [3.8, 4) is 0 Å². The standard InChI is InChI=1S/C12H10N4O2S/c17-11(10-6-16-3-4-19-12(16)13-10)15-2-1-9-8(5-15)7-18-14-9/h3-4,6-7H,1-2,5H2. The number of hydrogen-bond donors (Lipinski definition) is 0. The molecule has 0 radical (unpaired) electrons. The third kappa shape index (κ3) is 1.66. The van der Waals surface area contributed by atoms with E-state index < -0.39 is 0 Å². The van der Waals surface area contributed by atoms with Crippen LogP contribution in [0.3, 0.4) is 0 Å². The van der Waals surface area contributed by atoms with E-state index in [1.807, 2.05) is 16.0 Å². The van der Waals surface area contributed by atoms with Crippen LogP contribution in [0.5, 0.6) is 0 Å². The number of hydrogen-bond acceptors (Lipinski definition) is 5. The zero-order valence-corrected chi connectivity index (χ0v) is 10.8. The Bertz CT molecular complexity index is 728. The number of carbonyl (C=O) groups excluding carboxylic acids is 1. The third-order valence-electron chi connectivity index (χ3n) is 3.31. The van der Waals surface area contributed by atoms with Crippen LogP contribution in [0, 0.1) is 0 Å². The monoisotopic (exact) mass is 274 g/mol. The van der Waals surface area contributed by atoms with Crippen molar-refractivity contribution in [1.29, 1.82) is 0 Å². The lowest BCUT2D eigenvalue weighted by molar-refractivity contribution is 0.0729. The van der Waals surface area contributed by atoms with Gasteiger partial charge in [-0.25, -0.2) is 4.98 Å². The van der Waals surface area contributed by atoms with Crippen molar-refractivity contribution in [3.63, 3.8) is 0 Å². The number of carbonyl (C=O) groups is 1. The maximum Gasteiger partial charge on any atom is 0.274 e. The number of amides is 1. The molecular formula is C12H10N4O2S. The second kappa shape index (κ2) is 3.92. The highest BCUT2D eigenvalue weighted by atomic mass is 32.1. The van der Waals surface area contributed by atoms with Gasteiger partial charge in [-0.1, -0.05) is 5.16 Å². The van der Waals surface area contributed by atoms with Gasteiger partial charge in [0.25, 0.3) is 5.91 Å². The van der Waals surface area contributed by atoms with Crippen LogP contribution < -0.4 is 0 Å². The van der Waals surface area contributed by atoms with E-state index in [4.69, 9.17) is 4.52 Å². The smallest absolute Gasteiger partial charge is 0.274 e. The molecule has 0 saturated heterocycles. The summed E-state index contributed by atoms with van der Waals surface area (Å²) in [4.78, 5) is 19.4. The van der Waals surface area contributed by atoms with Crippen LogP contribution in [0.2, 0.25) is 0 Å². The van der Waals surface area contributed by atoms with Gasteiger partial charge in [0.2, 0.25) is 0 Å². The summed E-state index contributed by atoms with van der Waals surface area (Å²) < 4.78 is 6.80. The largest absolute Gasteiger partial charge is 0.364 e. The van der Waals surface area contributed by atoms with Crippen molar-refractivity contribution in [2.75, 3.05) is 6.54 Å². The molecule has 96 valence electrons. The SMILES string of the molecule is O=C(c1cn2ccsc2n1)N1CCc2nocc2C1. The number of nitrogens with zero attached hydrogens (tertiary/aromatic N) is 4. The quantitative estimate of drug-likeness (QED) is 0.676. The summed E-state index contributed by atoms with van der Waals surface area (Å²) in [6, 6.07) is 0. The molecule has 7 heteroatoms. The lowest BCUT2D eigenvalue weighted by Gasteiger charge is -2.24. The Hall–Kier alpha value is -2.15. The minimum Gasteiger partial charge on any atom is -0.364 e. The lowest BCUT2D eigenvalue weighted by Crippen LogP contribution is -2.35. The van der Waals surface area contributed by atoms with Gasteiger partial charge < -0.3 is 9.42 Å². The van der Waals surface area contributed by atoms with Crippen LogP contribution in [0.4, 0.5) is 0 Å². The molecule has 3 aromatic heterocycles. The van der Waals surface area contributed by atoms with Crippen molar-refractivity contribution < 1.29 is 9.32 Å². The maximum atomic E-state index is 12.4. The Kier molecular flexibility index (Phi) is 2.22. The molecule has 0 fully saturated rings. The topological polar surface area (TPSA) is 63.6 Å². The summed E-state index contributed by atoms with van der Waals surface area (Å²) in [6.07, 6.45) is 6.02. The number of thiazole rings is 1. The summed E-state index contributed by atoms with van der Waals surface area (Å²) in [6.45, 7) is 1.20. The van der Waals surface area contributed by atoms with Gasteiger partial charge in [0, 0.05) is 36.3 Å². The molecule has 0 spiro atoms. The number of fused-ring (bicyclic) bond motifs is 2. The average Bonchev–Trinajstić information content (AvgIpc) is 3.11. The summed E-state index contributed by atoms with van der Waals surface area (Å²) in [5, 5.41) is 5.86. The summed E-state index contributed by atoms with van der Waals surface area (Å²) in [5.74, 6) is -0.0391. The van der Waals surface area contributed by atoms with Gasteiger partial charge in [0.1, 0.15) is 12.0 Å². The van der Waals surface area contributed by atoms with Gasteiger partial charge >= 0.3 is 0 Å². The van der Waals surface area contributed by atoms with E-state index in [0.717, 1.165) is 22.6 Å². The Morgan fingerprint density at radius 2 is 2.42 bits per heavy atom. The molecule has 0 N–H and O–H groups in total. The molecule has 0 aliphatic carbocycles. The van der Waals surface area contributed by atoms with Crippen molar-refractivity contribution >= 4 is 22.2 Å². The van der Waals surface area contributed by atoms with Crippen LogP contribution in [-0.4, -0.2) is 31.9 Å². The highest BCUT2D eigenvalue weighted by molar-refractivity contribution is 7.15.